The molecule has 0 amide bonds. The lowest BCUT2D eigenvalue weighted by molar-refractivity contribution is 0.354. The van der Waals surface area contributed by atoms with Gasteiger partial charge in [0.25, 0.3) is 0 Å². The molecule has 0 spiro atoms. The Kier molecular flexibility index (Phi) is 5.62. The van der Waals surface area contributed by atoms with Gasteiger partial charge in [-0.05, 0) is 36.2 Å². The molecule has 0 N–H and O–H groups in total. The summed E-state index contributed by atoms with van der Waals surface area (Å²) in [5.74, 6) is 1.74. The Morgan fingerprint density at radius 3 is 2.24 bits per heavy atom. The molecule has 0 radical (unpaired) electrons. The molecule has 2 aromatic carbocycles. The maximum Gasteiger partial charge on any atom is 0.161 e. The summed E-state index contributed by atoms with van der Waals surface area (Å²) < 4.78 is 16.6. The summed E-state index contributed by atoms with van der Waals surface area (Å²) in [6.45, 7) is 0.923. The minimum absolute atomic E-state index is 0.240. The molecule has 0 unspecified atom stereocenters. The van der Waals surface area contributed by atoms with Gasteiger partial charge in [0.15, 0.2) is 17.2 Å². The second kappa shape index (κ2) is 7.73. The van der Waals surface area contributed by atoms with Crippen molar-refractivity contribution in [2.24, 2.45) is 4.99 Å². The van der Waals surface area contributed by atoms with Crippen LogP contribution in [-0.4, -0.2) is 33.1 Å². The lowest BCUT2D eigenvalue weighted by atomic mass is 9.97. The van der Waals surface area contributed by atoms with Crippen molar-refractivity contribution in [1.82, 2.24) is 0 Å². The fraction of sp³-hybridized carbons (Fsp3) is 0.278. The average Bonchev–Trinajstić information content (AvgIpc) is 2.59. The molecule has 132 valence electrons. The van der Waals surface area contributed by atoms with Crippen molar-refractivity contribution in [3.8, 4) is 17.2 Å². The Balaban J connectivity index is 1.87. The molecule has 0 fully saturated rings. The first-order chi connectivity index (χ1) is 12.0. The molecule has 1 heterocycles. The van der Waals surface area contributed by atoms with Crippen LogP contribution in [0.25, 0.3) is 0 Å². The van der Waals surface area contributed by atoms with Gasteiger partial charge in [0.05, 0.1) is 30.0 Å². The summed E-state index contributed by atoms with van der Waals surface area (Å²) in [6.07, 6.45) is 0.835. The zero-order chi connectivity index (χ0) is 18.0. The predicted molar refractivity (Wildman–Crippen MR) is 102 cm³/mol. The minimum Gasteiger partial charge on any atom is -0.493 e. The molecule has 25 heavy (non-hydrogen) atoms. The Morgan fingerprint density at radius 2 is 1.60 bits per heavy atom. The van der Waals surface area contributed by atoms with Gasteiger partial charge in [0.2, 0.25) is 0 Å². The van der Waals surface area contributed by atoms with Gasteiger partial charge in [-0.1, -0.05) is 34.8 Å². The average molecular weight is 401 g/mol. The highest BCUT2D eigenvalue weighted by Crippen LogP contribution is 2.37. The van der Waals surface area contributed by atoms with Gasteiger partial charge in [-0.25, -0.2) is 0 Å². The first kappa shape index (κ1) is 18.2. The molecular formula is C18H16Cl3NO3. The number of rotatable bonds is 5. The highest BCUT2D eigenvalue weighted by Gasteiger charge is 2.20. The van der Waals surface area contributed by atoms with Crippen molar-refractivity contribution in [2.45, 2.75) is 6.42 Å². The number of benzene rings is 2. The smallest absolute Gasteiger partial charge is 0.161 e. The number of aliphatic imine (C=N–C) groups is 1. The van der Waals surface area contributed by atoms with Gasteiger partial charge in [0, 0.05) is 17.1 Å². The first-order valence-corrected chi connectivity index (χ1v) is 8.72. The van der Waals surface area contributed by atoms with Gasteiger partial charge < -0.3 is 14.2 Å². The lowest BCUT2D eigenvalue weighted by Gasteiger charge is -2.20. The van der Waals surface area contributed by atoms with Gasteiger partial charge in [-0.3, -0.25) is 4.99 Å². The second-order valence-electron chi connectivity index (χ2n) is 5.43. The molecule has 3 rings (SSSR count). The second-order valence-corrected chi connectivity index (χ2v) is 6.68. The van der Waals surface area contributed by atoms with E-state index in [0.29, 0.717) is 38.9 Å². The van der Waals surface area contributed by atoms with E-state index in [9.17, 15) is 0 Å². The van der Waals surface area contributed by atoms with E-state index in [2.05, 4.69) is 4.99 Å². The zero-order valence-electron chi connectivity index (χ0n) is 13.7. The fourth-order valence-corrected chi connectivity index (χ4v) is 3.65. The summed E-state index contributed by atoms with van der Waals surface area (Å²) in [7, 11) is 3.23. The molecular weight excluding hydrogens is 385 g/mol. The number of fused-ring (bicyclic) bond motifs is 1. The predicted octanol–water partition coefficient (Wildman–Crippen LogP) is 5.09. The van der Waals surface area contributed by atoms with Crippen molar-refractivity contribution in [1.29, 1.82) is 0 Å². The van der Waals surface area contributed by atoms with Crippen LogP contribution in [-0.2, 0) is 6.42 Å². The highest BCUT2D eigenvalue weighted by molar-refractivity contribution is 6.40. The summed E-state index contributed by atoms with van der Waals surface area (Å²) in [5, 5.41) is 1.18. The SMILES string of the molecule is COc1cc2c(cc1OC)C(COc1c(Cl)cc(Cl)cc1Cl)=NCC2. The third kappa shape index (κ3) is 3.81. The van der Waals surface area contributed by atoms with Crippen LogP contribution in [0, 0.1) is 0 Å². The Bertz CT molecular complexity index is 814. The standard InChI is InChI=1S/C18H16Cl3NO3/c1-23-16-5-10-3-4-22-15(12(10)8-17(16)24-2)9-25-18-13(20)6-11(19)7-14(18)21/h5-8H,3-4,9H2,1-2H3. The van der Waals surface area contributed by atoms with Gasteiger partial charge in [0.1, 0.15) is 6.61 Å². The molecule has 0 atom stereocenters. The maximum absolute atomic E-state index is 6.17. The first-order valence-electron chi connectivity index (χ1n) is 7.59. The third-order valence-corrected chi connectivity index (χ3v) is 4.70. The van der Waals surface area contributed by atoms with E-state index in [1.54, 1.807) is 26.4 Å². The molecule has 0 bridgehead atoms. The number of hydrogen-bond acceptors (Lipinski definition) is 4. The Morgan fingerprint density at radius 1 is 0.960 bits per heavy atom. The number of hydrogen-bond donors (Lipinski definition) is 0. The van der Waals surface area contributed by atoms with E-state index in [1.165, 1.54) is 0 Å². The van der Waals surface area contributed by atoms with E-state index < -0.39 is 0 Å². The zero-order valence-corrected chi connectivity index (χ0v) is 16.0. The van der Waals surface area contributed by atoms with E-state index in [1.807, 2.05) is 12.1 Å². The fourth-order valence-electron chi connectivity index (χ4n) is 2.72. The number of nitrogens with zero attached hydrogens (tertiary/aromatic N) is 1. The topological polar surface area (TPSA) is 40.0 Å². The third-order valence-electron chi connectivity index (χ3n) is 3.92. The van der Waals surface area contributed by atoms with Crippen LogP contribution in [0.3, 0.4) is 0 Å². The number of ether oxygens (including phenoxy) is 3. The van der Waals surface area contributed by atoms with E-state index in [0.717, 1.165) is 23.3 Å². The quantitative estimate of drug-likeness (QED) is 0.702. The number of halogens is 3. The molecule has 0 aliphatic carbocycles. The molecule has 1 aliphatic heterocycles. The van der Waals surface area contributed by atoms with E-state index >= 15 is 0 Å². The van der Waals surface area contributed by atoms with Crippen LogP contribution in [0.15, 0.2) is 29.3 Å². The van der Waals surface area contributed by atoms with E-state index in [-0.39, 0.29) is 6.61 Å². The lowest BCUT2D eigenvalue weighted by Crippen LogP contribution is -2.20. The minimum atomic E-state index is 0.240. The van der Waals surface area contributed by atoms with Crippen LogP contribution in [0.5, 0.6) is 17.2 Å². The Labute approximate surface area is 161 Å². The van der Waals surface area contributed by atoms with Crippen molar-refractivity contribution < 1.29 is 14.2 Å². The van der Waals surface area contributed by atoms with Crippen molar-refractivity contribution in [3.63, 3.8) is 0 Å². The highest BCUT2D eigenvalue weighted by atomic mass is 35.5. The molecule has 0 saturated carbocycles. The molecule has 2 aromatic rings. The monoisotopic (exact) mass is 399 g/mol. The van der Waals surface area contributed by atoms with Crippen LogP contribution < -0.4 is 14.2 Å². The van der Waals surface area contributed by atoms with E-state index in [4.69, 9.17) is 49.0 Å². The summed E-state index contributed by atoms with van der Waals surface area (Å²) in [4.78, 5) is 4.58. The van der Waals surface area contributed by atoms with Crippen molar-refractivity contribution in [2.75, 3.05) is 27.4 Å². The van der Waals surface area contributed by atoms with Crippen molar-refractivity contribution in [3.05, 3.63) is 50.5 Å². The van der Waals surface area contributed by atoms with Crippen molar-refractivity contribution >= 4 is 40.5 Å². The summed E-state index contributed by atoms with van der Waals surface area (Å²) in [6, 6.07) is 7.08. The van der Waals surface area contributed by atoms with Gasteiger partial charge >= 0.3 is 0 Å². The molecule has 0 saturated heterocycles. The van der Waals surface area contributed by atoms with Crippen LogP contribution in [0.2, 0.25) is 15.1 Å². The summed E-state index contributed by atoms with van der Waals surface area (Å²) in [5.41, 5.74) is 2.92. The van der Waals surface area contributed by atoms with Crippen LogP contribution >= 0.6 is 34.8 Å². The molecule has 7 heteroatoms. The molecule has 4 nitrogen and oxygen atoms in total. The molecule has 1 aliphatic rings. The largest absolute Gasteiger partial charge is 0.493 e. The summed E-state index contributed by atoms with van der Waals surface area (Å²) >= 11 is 18.3. The number of methoxy groups -OCH3 is 2. The van der Waals surface area contributed by atoms with Crippen LogP contribution in [0.4, 0.5) is 0 Å². The normalized spacial score (nSPS) is 13.1. The van der Waals surface area contributed by atoms with Gasteiger partial charge in [-0.2, -0.15) is 0 Å². The maximum atomic E-state index is 6.17. The Hall–Kier alpha value is -1.62. The van der Waals surface area contributed by atoms with Gasteiger partial charge in [-0.15, -0.1) is 0 Å². The molecule has 0 aromatic heterocycles. The van der Waals surface area contributed by atoms with Crippen LogP contribution in [0.1, 0.15) is 11.1 Å².